The Balaban J connectivity index is 1.99. The van der Waals surface area contributed by atoms with Gasteiger partial charge < -0.3 is 0 Å². The Kier molecular flexibility index (Phi) is 4.27. The number of carbonyl (C=O) groups is 1. The summed E-state index contributed by atoms with van der Waals surface area (Å²) in [6.07, 6.45) is 1.65. The minimum absolute atomic E-state index is 0.179. The summed E-state index contributed by atoms with van der Waals surface area (Å²) in [6.45, 7) is 0. The highest BCUT2D eigenvalue weighted by Crippen LogP contribution is 2.09. The summed E-state index contributed by atoms with van der Waals surface area (Å²) in [6, 6.07) is 11.4. The number of hydrazone groups is 1. The molecule has 0 fully saturated rings. The monoisotopic (exact) mass is 356 g/mol. The SMILES string of the molecule is O=C(NN=Cc1ccccc1I)c1cccs1. The maximum atomic E-state index is 11.6. The quantitative estimate of drug-likeness (QED) is 0.513. The fraction of sp³-hybridized carbons (Fsp3) is 0. The van der Waals surface area contributed by atoms with Gasteiger partial charge in [0, 0.05) is 9.13 Å². The Hall–Kier alpha value is -1.21. The van der Waals surface area contributed by atoms with Crippen LogP contribution >= 0.6 is 33.9 Å². The van der Waals surface area contributed by atoms with Crippen LogP contribution in [0.25, 0.3) is 0 Å². The molecule has 0 aliphatic carbocycles. The van der Waals surface area contributed by atoms with Crippen molar-refractivity contribution >= 4 is 46.0 Å². The minimum atomic E-state index is -0.179. The molecule has 0 unspecified atom stereocenters. The van der Waals surface area contributed by atoms with E-state index in [1.807, 2.05) is 35.7 Å². The largest absolute Gasteiger partial charge is 0.281 e. The molecule has 0 saturated heterocycles. The van der Waals surface area contributed by atoms with Gasteiger partial charge in [-0.2, -0.15) is 5.10 Å². The molecule has 1 aromatic heterocycles. The van der Waals surface area contributed by atoms with E-state index in [4.69, 9.17) is 0 Å². The molecular weight excluding hydrogens is 347 g/mol. The van der Waals surface area contributed by atoms with Crippen molar-refractivity contribution in [3.63, 3.8) is 0 Å². The molecule has 2 rings (SSSR count). The first-order chi connectivity index (χ1) is 8.27. The summed E-state index contributed by atoms with van der Waals surface area (Å²) in [7, 11) is 0. The van der Waals surface area contributed by atoms with Crippen LogP contribution in [0.2, 0.25) is 0 Å². The van der Waals surface area contributed by atoms with E-state index in [0.29, 0.717) is 4.88 Å². The number of nitrogens with zero attached hydrogens (tertiary/aromatic N) is 1. The fourth-order valence-corrected chi connectivity index (χ4v) is 2.34. The molecule has 2 aromatic rings. The molecule has 0 radical (unpaired) electrons. The molecule has 0 bridgehead atoms. The van der Waals surface area contributed by atoms with Gasteiger partial charge in [0.25, 0.3) is 5.91 Å². The molecule has 3 nitrogen and oxygen atoms in total. The van der Waals surface area contributed by atoms with Crippen LogP contribution in [0.5, 0.6) is 0 Å². The highest BCUT2D eigenvalue weighted by molar-refractivity contribution is 14.1. The third-order valence-corrected chi connectivity index (χ3v) is 3.87. The van der Waals surface area contributed by atoms with E-state index in [-0.39, 0.29) is 5.91 Å². The number of hydrogen-bond acceptors (Lipinski definition) is 3. The highest BCUT2D eigenvalue weighted by atomic mass is 127. The van der Waals surface area contributed by atoms with Crippen LogP contribution in [0.1, 0.15) is 15.2 Å². The van der Waals surface area contributed by atoms with E-state index in [1.54, 1.807) is 12.3 Å². The van der Waals surface area contributed by atoms with Gasteiger partial charge in [0.05, 0.1) is 11.1 Å². The lowest BCUT2D eigenvalue weighted by molar-refractivity contribution is 0.0959. The molecule has 5 heteroatoms. The molecule has 0 aliphatic heterocycles. The molecule has 86 valence electrons. The van der Waals surface area contributed by atoms with Gasteiger partial charge in [0.2, 0.25) is 0 Å². The third kappa shape index (κ3) is 3.37. The van der Waals surface area contributed by atoms with Gasteiger partial charge in [-0.3, -0.25) is 4.79 Å². The molecule has 1 heterocycles. The van der Waals surface area contributed by atoms with Crippen molar-refractivity contribution in [2.24, 2.45) is 5.10 Å². The van der Waals surface area contributed by atoms with Gasteiger partial charge in [-0.1, -0.05) is 24.3 Å². The van der Waals surface area contributed by atoms with Crippen molar-refractivity contribution in [1.82, 2.24) is 5.43 Å². The molecule has 1 N–H and O–H groups in total. The van der Waals surface area contributed by atoms with Gasteiger partial charge in [0.1, 0.15) is 0 Å². The molecule has 0 saturated carbocycles. The number of hydrogen-bond donors (Lipinski definition) is 1. The lowest BCUT2D eigenvalue weighted by atomic mass is 10.2. The predicted molar refractivity (Wildman–Crippen MR) is 78.5 cm³/mol. The average Bonchev–Trinajstić information content (AvgIpc) is 2.85. The zero-order valence-electron chi connectivity index (χ0n) is 8.76. The number of thiophene rings is 1. The van der Waals surface area contributed by atoms with Crippen molar-refractivity contribution in [1.29, 1.82) is 0 Å². The minimum Gasteiger partial charge on any atom is -0.266 e. The zero-order chi connectivity index (χ0) is 12.1. The summed E-state index contributed by atoms with van der Waals surface area (Å²) in [5.74, 6) is -0.179. The summed E-state index contributed by atoms with van der Waals surface area (Å²) in [4.78, 5) is 12.2. The van der Waals surface area contributed by atoms with Crippen molar-refractivity contribution in [3.8, 4) is 0 Å². The van der Waals surface area contributed by atoms with E-state index in [0.717, 1.165) is 9.13 Å². The summed E-state index contributed by atoms with van der Waals surface area (Å²) in [5.41, 5.74) is 3.48. The Morgan fingerprint density at radius 1 is 1.29 bits per heavy atom. The van der Waals surface area contributed by atoms with Crippen LogP contribution in [0.15, 0.2) is 46.9 Å². The molecule has 1 amide bonds. The molecule has 0 aliphatic rings. The Bertz CT molecular complexity index is 537. The van der Waals surface area contributed by atoms with Gasteiger partial charge in [-0.05, 0) is 40.1 Å². The summed E-state index contributed by atoms with van der Waals surface area (Å²) in [5, 5.41) is 5.80. The highest BCUT2D eigenvalue weighted by Gasteiger charge is 2.03. The summed E-state index contributed by atoms with van der Waals surface area (Å²) < 4.78 is 1.10. The van der Waals surface area contributed by atoms with E-state index in [1.165, 1.54) is 11.3 Å². The Morgan fingerprint density at radius 2 is 2.12 bits per heavy atom. The van der Waals surface area contributed by atoms with Crippen LogP contribution in [0, 0.1) is 3.57 Å². The number of rotatable bonds is 3. The normalized spacial score (nSPS) is 10.6. The molecule has 0 atom stereocenters. The number of nitrogens with one attached hydrogen (secondary N) is 1. The molecule has 17 heavy (non-hydrogen) atoms. The van der Waals surface area contributed by atoms with E-state index < -0.39 is 0 Å². The lowest BCUT2D eigenvalue weighted by Gasteiger charge is -1.97. The Labute approximate surface area is 117 Å². The topological polar surface area (TPSA) is 41.5 Å². The number of benzene rings is 1. The predicted octanol–water partition coefficient (Wildman–Crippen LogP) is 3.12. The molecular formula is C12H9IN2OS. The zero-order valence-corrected chi connectivity index (χ0v) is 11.7. The molecule has 1 aromatic carbocycles. The van der Waals surface area contributed by atoms with Crippen molar-refractivity contribution in [3.05, 3.63) is 55.8 Å². The van der Waals surface area contributed by atoms with E-state index in [2.05, 4.69) is 33.1 Å². The first-order valence-electron chi connectivity index (χ1n) is 4.89. The van der Waals surface area contributed by atoms with Gasteiger partial charge >= 0.3 is 0 Å². The standard InChI is InChI=1S/C12H9IN2OS/c13-10-5-2-1-4-9(10)8-14-15-12(16)11-6-3-7-17-11/h1-8H,(H,15,16). The number of halogens is 1. The maximum Gasteiger partial charge on any atom is 0.281 e. The summed E-state index contributed by atoms with van der Waals surface area (Å²) >= 11 is 3.62. The van der Waals surface area contributed by atoms with Gasteiger partial charge in [0.15, 0.2) is 0 Å². The van der Waals surface area contributed by atoms with Gasteiger partial charge in [-0.25, -0.2) is 5.43 Å². The van der Waals surface area contributed by atoms with Crippen LogP contribution in [-0.4, -0.2) is 12.1 Å². The number of carbonyl (C=O) groups excluding carboxylic acids is 1. The third-order valence-electron chi connectivity index (χ3n) is 2.02. The second-order valence-corrected chi connectivity index (χ2v) is 5.31. The smallest absolute Gasteiger partial charge is 0.266 e. The van der Waals surface area contributed by atoms with E-state index >= 15 is 0 Å². The van der Waals surface area contributed by atoms with Crippen molar-refractivity contribution in [2.75, 3.05) is 0 Å². The average molecular weight is 356 g/mol. The van der Waals surface area contributed by atoms with Crippen molar-refractivity contribution < 1.29 is 4.79 Å². The second-order valence-electron chi connectivity index (χ2n) is 3.20. The van der Waals surface area contributed by atoms with Gasteiger partial charge in [-0.15, -0.1) is 11.3 Å². The fourth-order valence-electron chi connectivity index (χ4n) is 1.20. The van der Waals surface area contributed by atoms with E-state index in [9.17, 15) is 4.79 Å². The van der Waals surface area contributed by atoms with Crippen LogP contribution in [0.4, 0.5) is 0 Å². The van der Waals surface area contributed by atoms with Crippen LogP contribution in [-0.2, 0) is 0 Å². The lowest BCUT2D eigenvalue weighted by Crippen LogP contribution is -2.16. The van der Waals surface area contributed by atoms with Crippen LogP contribution < -0.4 is 5.43 Å². The van der Waals surface area contributed by atoms with Crippen LogP contribution in [0.3, 0.4) is 0 Å². The first-order valence-corrected chi connectivity index (χ1v) is 6.84. The molecule has 0 spiro atoms. The number of amides is 1. The van der Waals surface area contributed by atoms with Crippen molar-refractivity contribution in [2.45, 2.75) is 0 Å². The Morgan fingerprint density at radius 3 is 2.82 bits per heavy atom. The maximum absolute atomic E-state index is 11.6. The second kappa shape index (κ2) is 5.92. The first kappa shape index (κ1) is 12.3.